The Balaban J connectivity index is 4.09. The lowest BCUT2D eigenvalue weighted by atomic mass is 10.2. The maximum absolute atomic E-state index is 12.4. The van der Waals surface area contributed by atoms with Gasteiger partial charge in [0.1, 0.15) is 6.04 Å². The highest BCUT2D eigenvalue weighted by Gasteiger charge is 2.21. The maximum Gasteiger partial charge on any atom is 0.330 e. The van der Waals surface area contributed by atoms with Crippen LogP contribution in [0.4, 0.5) is 0 Å². The molecule has 296 valence electrons. The predicted molar refractivity (Wildman–Crippen MR) is 232 cm³/mol. The van der Waals surface area contributed by atoms with E-state index in [2.05, 4.69) is 146 Å². The number of rotatable bonds is 32. The average Bonchev–Trinajstić information content (AvgIpc) is 3.17. The molecule has 2 N–H and O–H groups in total. The third-order valence-corrected chi connectivity index (χ3v) is 7.59. The summed E-state index contributed by atoms with van der Waals surface area (Å²) in [5.41, 5.74) is 0. The summed E-state index contributed by atoms with van der Waals surface area (Å²) in [7, 11) is 1.27. The lowest BCUT2D eigenvalue weighted by Gasteiger charge is -2.17. The van der Waals surface area contributed by atoms with Crippen molar-refractivity contribution in [1.82, 2.24) is 10.6 Å². The Kier molecular flexibility index (Phi) is 37.5. The number of carbonyl (C=O) groups excluding carboxylic acids is 3. The first-order valence-electron chi connectivity index (χ1n) is 20.0. The summed E-state index contributed by atoms with van der Waals surface area (Å²) in [4.78, 5) is 37.0. The number of esters is 1. The Morgan fingerprint density at radius 3 is 1.00 bits per heavy atom. The van der Waals surface area contributed by atoms with E-state index in [-0.39, 0.29) is 24.8 Å². The second-order valence-electron chi connectivity index (χ2n) is 12.4. The lowest BCUT2D eigenvalue weighted by molar-refractivity contribution is -0.145. The van der Waals surface area contributed by atoms with Crippen molar-refractivity contribution in [1.29, 1.82) is 0 Å². The standard InChI is InChI=1S/C48H70N2O4/c1-4-6-8-10-12-14-16-18-20-22-24-26-28-30-32-34-36-38-40-42-46(51)49-44-45(48(53)54-3)50-47(52)43-41-39-37-35-33-31-29-27-25-23-21-19-17-15-13-11-9-7-5-2/h6-9,12-15,18-21,24-27,30-33,36-39,45H,4-5,10-11,16-17,22-23,28-29,34-35,40-44H2,1-3H3,(H,49,51)(H,50,52)/t45-/m0/s1. The van der Waals surface area contributed by atoms with Crippen molar-refractivity contribution in [3.63, 3.8) is 0 Å². The Hall–Kier alpha value is -4.71. The molecular weight excluding hydrogens is 669 g/mol. The van der Waals surface area contributed by atoms with Gasteiger partial charge in [0.15, 0.2) is 0 Å². The number of allylic oxidation sites excluding steroid dienone is 24. The summed E-state index contributed by atoms with van der Waals surface area (Å²) in [6, 6.07) is -0.928. The second kappa shape index (κ2) is 41.1. The monoisotopic (exact) mass is 739 g/mol. The summed E-state index contributed by atoms with van der Waals surface area (Å²) < 4.78 is 4.83. The minimum absolute atomic E-state index is 0.0130. The van der Waals surface area contributed by atoms with E-state index in [0.717, 1.165) is 77.0 Å². The van der Waals surface area contributed by atoms with Crippen molar-refractivity contribution >= 4 is 17.8 Å². The van der Waals surface area contributed by atoms with E-state index < -0.39 is 12.0 Å². The zero-order valence-electron chi connectivity index (χ0n) is 33.6. The van der Waals surface area contributed by atoms with Crippen molar-refractivity contribution < 1.29 is 19.1 Å². The molecule has 0 bridgehead atoms. The molecule has 1 atom stereocenters. The average molecular weight is 739 g/mol. The van der Waals surface area contributed by atoms with E-state index in [0.29, 0.717) is 19.3 Å². The fourth-order valence-corrected chi connectivity index (χ4v) is 4.61. The van der Waals surface area contributed by atoms with Gasteiger partial charge in [0, 0.05) is 19.4 Å². The van der Waals surface area contributed by atoms with Gasteiger partial charge in [0.2, 0.25) is 11.8 Å². The van der Waals surface area contributed by atoms with Crippen LogP contribution in [0, 0.1) is 0 Å². The maximum atomic E-state index is 12.4. The van der Waals surface area contributed by atoms with E-state index in [1.54, 1.807) is 0 Å². The fraction of sp³-hybridized carbons (Fsp3) is 0.438. The molecule has 0 aliphatic carbocycles. The molecule has 2 amide bonds. The van der Waals surface area contributed by atoms with Crippen LogP contribution >= 0.6 is 0 Å². The Morgan fingerprint density at radius 2 is 0.704 bits per heavy atom. The molecule has 0 aromatic rings. The Bertz CT molecular complexity index is 1320. The number of hydrogen-bond donors (Lipinski definition) is 2. The lowest BCUT2D eigenvalue weighted by Crippen LogP contribution is -2.48. The minimum atomic E-state index is -0.928. The number of carbonyl (C=O) groups is 3. The van der Waals surface area contributed by atoms with Crippen LogP contribution in [0.25, 0.3) is 0 Å². The molecule has 6 heteroatoms. The number of methoxy groups -OCH3 is 1. The normalized spacial score (nSPS) is 13.6. The van der Waals surface area contributed by atoms with Crippen LogP contribution < -0.4 is 10.6 Å². The SMILES string of the molecule is CCC=CCC=CCC=CCC=CCC=CCC=CCCC(=O)NC[C@H](NC(=O)CCC=CCC=CCC=CCC=CCC=CCC=CCC)C(=O)OC. The molecule has 0 unspecified atom stereocenters. The fourth-order valence-electron chi connectivity index (χ4n) is 4.61. The molecule has 0 aliphatic rings. The van der Waals surface area contributed by atoms with Crippen molar-refractivity contribution in [3.8, 4) is 0 Å². The number of ether oxygens (including phenoxy) is 1. The Labute approximate surface area is 328 Å². The molecule has 0 radical (unpaired) electrons. The largest absolute Gasteiger partial charge is 0.467 e. The van der Waals surface area contributed by atoms with Gasteiger partial charge in [-0.05, 0) is 89.9 Å². The van der Waals surface area contributed by atoms with Crippen LogP contribution in [-0.4, -0.2) is 37.5 Å². The zero-order chi connectivity index (χ0) is 39.4. The molecule has 0 saturated carbocycles. The molecule has 54 heavy (non-hydrogen) atoms. The van der Waals surface area contributed by atoms with Crippen LogP contribution in [0.1, 0.15) is 117 Å². The van der Waals surface area contributed by atoms with E-state index in [4.69, 9.17) is 4.74 Å². The van der Waals surface area contributed by atoms with Crippen molar-refractivity contribution in [2.24, 2.45) is 0 Å². The van der Waals surface area contributed by atoms with Crippen LogP contribution in [0.5, 0.6) is 0 Å². The topological polar surface area (TPSA) is 84.5 Å². The number of hydrogen-bond acceptors (Lipinski definition) is 4. The van der Waals surface area contributed by atoms with Gasteiger partial charge >= 0.3 is 5.97 Å². The van der Waals surface area contributed by atoms with Crippen molar-refractivity contribution in [2.75, 3.05) is 13.7 Å². The Morgan fingerprint density at radius 1 is 0.426 bits per heavy atom. The molecule has 0 heterocycles. The summed E-state index contributed by atoms with van der Waals surface area (Å²) in [6.45, 7) is 4.27. The molecule has 0 aromatic heterocycles. The summed E-state index contributed by atoms with van der Waals surface area (Å²) in [5.74, 6) is -1.04. The van der Waals surface area contributed by atoms with Gasteiger partial charge in [0.05, 0.1) is 7.11 Å². The second-order valence-corrected chi connectivity index (χ2v) is 12.4. The molecule has 0 spiro atoms. The molecule has 0 aromatic carbocycles. The van der Waals surface area contributed by atoms with Gasteiger partial charge in [0.25, 0.3) is 0 Å². The molecule has 6 nitrogen and oxygen atoms in total. The van der Waals surface area contributed by atoms with Gasteiger partial charge in [-0.15, -0.1) is 0 Å². The molecule has 0 saturated heterocycles. The highest BCUT2D eigenvalue weighted by atomic mass is 16.5. The van der Waals surface area contributed by atoms with E-state index in [1.807, 2.05) is 24.3 Å². The smallest absolute Gasteiger partial charge is 0.330 e. The van der Waals surface area contributed by atoms with Gasteiger partial charge in [-0.25, -0.2) is 4.79 Å². The van der Waals surface area contributed by atoms with Gasteiger partial charge in [-0.3, -0.25) is 9.59 Å². The first-order chi connectivity index (χ1) is 26.5. The first kappa shape index (κ1) is 49.3. The molecular formula is C48H70N2O4. The van der Waals surface area contributed by atoms with E-state index in [1.165, 1.54) is 7.11 Å². The summed E-state index contributed by atoms with van der Waals surface area (Å²) in [5, 5.41) is 5.42. The number of nitrogens with one attached hydrogen (secondary N) is 2. The third-order valence-electron chi connectivity index (χ3n) is 7.59. The summed E-state index contributed by atoms with van der Waals surface area (Å²) in [6.07, 6.45) is 64.6. The highest BCUT2D eigenvalue weighted by molar-refractivity contribution is 5.85. The van der Waals surface area contributed by atoms with Crippen molar-refractivity contribution in [2.45, 2.75) is 123 Å². The summed E-state index contributed by atoms with van der Waals surface area (Å²) >= 11 is 0. The van der Waals surface area contributed by atoms with Crippen LogP contribution in [0.3, 0.4) is 0 Å². The minimum Gasteiger partial charge on any atom is -0.467 e. The first-order valence-corrected chi connectivity index (χ1v) is 20.0. The highest BCUT2D eigenvalue weighted by Crippen LogP contribution is 2.01. The van der Waals surface area contributed by atoms with Crippen LogP contribution in [-0.2, 0) is 19.1 Å². The predicted octanol–water partition coefficient (Wildman–Crippen LogP) is 11.7. The molecule has 0 fully saturated rings. The van der Waals surface area contributed by atoms with E-state index >= 15 is 0 Å². The van der Waals surface area contributed by atoms with Crippen LogP contribution in [0.15, 0.2) is 146 Å². The van der Waals surface area contributed by atoms with Gasteiger partial charge in [-0.1, -0.05) is 160 Å². The van der Waals surface area contributed by atoms with E-state index in [9.17, 15) is 14.4 Å². The number of amides is 2. The molecule has 0 aliphatic heterocycles. The van der Waals surface area contributed by atoms with Crippen LogP contribution in [0.2, 0.25) is 0 Å². The zero-order valence-corrected chi connectivity index (χ0v) is 33.6. The third kappa shape index (κ3) is 37.1. The van der Waals surface area contributed by atoms with Gasteiger partial charge < -0.3 is 15.4 Å². The quantitative estimate of drug-likeness (QED) is 0.0531. The van der Waals surface area contributed by atoms with Crippen molar-refractivity contribution in [3.05, 3.63) is 146 Å². The molecule has 0 rings (SSSR count). The van der Waals surface area contributed by atoms with Gasteiger partial charge in [-0.2, -0.15) is 0 Å².